The minimum Gasteiger partial charge on any atom is -0.476 e. The van der Waals surface area contributed by atoms with E-state index < -0.39 is 5.97 Å². The second kappa shape index (κ2) is 2.97. The molecule has 1 aromatic rings. The van der Waals surface area contributed by atoms with Crippen LogP contribution in [0.4, 0.5) is 0 Å². The first-order chi connectivity index (χ1) is 5.57. The van der Waals surface area contributed by atoms with Crippen molar-refractivity contribution < 1.29 is 9.90 Å². The lowest BCUT2D eigenvalue weighted by atomic mass is 10.2. The highest BCUT2D eigenvalue weighted by Gasteiger charge is 2.15. The van der Waals surface area contributed by atoms with Gasteiger partial charge in [0, 0.05) is 17.8 Å². The zero-order chi connectivity index (χ0) is 9.30. The van der Waals surface area contributed by atoms with Crippen molar-refractivity contribution in [2.24, 2.45) is 0 Å². The summed E-state index contributed by atoms with van der Waals surface area (Å²) in [5.41, 5.74) is 1.84. The molecule has 1 N–H and O–H groups in total. The lowest BCUT2D eigenvalue weighted by Gasteiger charge is -1.96. The summed E-state index contributed by atoms with van der Waals surface area (Å²) in [6.45, 7) is 6.29. The maximum atomic E-state index is 10.6. The molecule has 0 saturated carbocycles. The Balaban J connectivity index is 3.25. The van der Waals surface area contributed by atoms with E-state index in [9.17, 15) is 4.79 Å². The second-order valence-corrected chi connectivity index (χ2v) is 2.68. The van der Waals surface area contributed by atoms with Crippen LogP contribution in [0.5, 0.6) is 0 Å². The number of aromatic nitrogens is 2. The van der Waals surface area contributed by atoms with Crippen molar-refractivity contribution >= 4 is 5.97 Å². The topological polar surface area (TPSA) is 55.1 Å². The Labute approximate surface area is 70.8 Å². The molecule has 4 nitrogen and oxygen atoms in total. The molecule has 1 aromatic heterocycles. The number of carboxylic acid groups (broad SMARTS) is 1. The minimum atomic E-state index is -0.956. The van der Waals surface area contributed by atoms with E-state index in [1.807, 2.05) is 13.8 Å². The molecule has 66 valence electrons. The Bertz CT molecular complexity index is 315. The van der Waals surface area contributed by atoms with Crippen LogP contribution in [0.2, 0.25) is 0 Å². The van der Waals surface area contributed by atoms with Gasteiger partial charge in [-0.15, -0.1) is 0 Å². The molecule has 0 amide bonds. The molecule has 0 atom stereocenters. The van der Waals surface area contributed by atoms with Gasteiger partial charge in [-0.3, -0.25) is 4.68 Å². The molecule has 0 radical (unpaired) electrons. The van der Waals surface area contributed by atoms with Gasteiger partial charge in [0.25, 0.3) is 0 Å². The van der Waals surface area contributed by atoms with Crippen LogP contribution in [0.1, 0.15) is 28.7 Å². The van der Waals surface area contributed by atoms with Crippen LogP contribution >= 0.6 is 0 Å². The van der Waals surface area contributed by atoms with Crippen molar-refractivity contribution in [3.8, 4) is 0 Å². The monoisotopic (exact) mass is 168 g/mol. The van der Waals surface area contributed by atoms with Crippen LogP contribution in [0.25, 0.3) is 0 Å². The van der Waals surface area contributed by atoms with Gasteiger partial charge in [0.1, 0.15) is 0 Å². The SMILES string of the molecule is CCn1nc(C(=O)O)c(C)c1C. The number of carboxylic acids is 1. The Morgan fingerprint density at radius 2 is 2.17 bits per heavy atom. The van der Waals surface area contributed by atoms with Crippen molar-refractivity contribution in [1.29, 1.82) is 0 Å². The van der Waals surface area contributed by atoms with E-state index in [1.54, 1.807) is 11.6 Å². The van der Waals surface area contributed by atoms with Crippen molar-refractivity contribution in [2.45, 2.75) is 27.3 Å². The summed E-state index contributed by atoms with van der Waals surface area (Å²) >= 11 is 0. The van der Waals surface area contributed by atoms with Gasteiger partial charge in [0.05, 0.1) is 0 Å². The number of rotatable bonds is 2. The number of nitrogens with zero attached hydrogens (tertiary/aromatic N) is 2. The maximum absolute atomic E-state index is 10.6. The first kappa shape index (κ1) is 8.77. The van der Waals surface area contributed by atoms with E-state index in [0.29, 0.717) is 6.54 Å². The molecule has 0 spiro atoms. The van der Waals surface area contributed by atoms with Crippen LogP contribution in [0, 0.1) is 13.8 Å². The summed E-state index contributed by atoms with van der Waals surface area (Å²) in [7, 11) is 0. The van der Waals surface area contributed by atoms with Crippen LogP contribution < -0.4 is 0 Å². The molecule has 0 aliphatic carbocycles. The number of carbonyl (C=O) groups is 1. The van der Waals surface area contributed by atoms with Gasteiger partial charge in [-0.1, -0.05) is 0 Å². The van der Waals surface area contributed by atoms with Crippen molar-refractivity contribution in [2.75, 3.05) is 0 Å². The van der Waals surface area contributed by atoms with Crippen LogP contribution in [-0.2, 0) is 6.54 Å². The Hall–Kier alpha value is -1.32. The highest BCUT2D eigenvalue weighted by atomic mass is 16.4. The van der Waals surface area contributed by atoms with Crippen LogP contribution in [-0.4, -0.2) is 20.9 Å². The van der Waals surface area contributed by atoms with E-state index in [-0.39, 0.29) is 5.69 Å². The van der Waals surface area contributed by atoms with E-state index in [0.717, 1.165) is 11.3 Å². The van der Waals surface area contributed by atoms with Crippen LogP contribution in [0.3, 0.4) is 0 Å². The average molecular weight is 168 g/mol. The molecule has 0 aliphatic heterocycles. The molecule has 0 aliphatic rings. The quantitative estimate of drug-likeness (QED) is 0.722. The molecule has 4 heteroatoms. The van der Waals surface area contributed by atoms with Gasteiger partial charge >= 0.3 is 5.97 Å². The van der Waals surface area contributed by atoms with Crippen molar-refractivity contribution in [3.05, 3.63) is 17.0 Å². The molecular formula is C8H12N2O2. The first-order valence-corrected chi connectivity index (χ1v) is 3.85. The fourth-order valence-electron chi connectivity index (χ4n) is 1.15. The molecule has 0 unspecified atom stereocenters. The molecule has 1 heterocycles. The average Bonchev–Trinajstić information content (AvgIpc) is 2.30. The third-order valence-electron chi connectivity index (χ3n) is 2.01. The number of hydrogen-bond donors (Lipinski definition) is 1. The normalized spacial score (nSPS) is 10.2. The predicted octanol–water partition coefficient (Wildman–Crippen LogP) is 1.22. The molecule has 12 heavy (non-hydrogen) atoms. The maximum Gasteiger partial charge on any atom is 0.356 e. The smallest absolute Gasteiger partial charge is 0.356 e. The number of aryl methyl sites for hydroxylation is 1. The fraction of sp³-hybridized carbons (Fsp3) is 0.500. The van der Waals surface area contributed by atoms with Gasteiger partial charge in [-0.05, 0) is 20.8 Å². The Morgan fingerprint density at radius 1 is 1.58 bits per heavy atom. The first-order valence-electron chi connectivity index (χ1n) is 3.85. The zero-order valence-electron chi connectivity index (χ0n) is 7.46. The second-order valence-electron chi connectivity index (χ2n) is 2.68. The molecular weight excluding hydrogens is 156 g/mol. The lowest BCUT2D eigenvalue weighted by Crippen LogP contribution is -2.02. The number of aromatic carboxylic acids is 1. The van der Waals surface area contributed by atoms with Crippen LogP contribution in [0.15, 0.2) is 0 Å². The summed E-state index contributed by atoms with van der Waals surface area (Å²) in [6.07, 6.45) is 0. The summed E-state index contributed by atoms with van der Waals surface area (Å²) < 4.78 is 1.69. The van der Waals surface area contributed by atoms with E-state index in [1.165, 1.54) is 0 Å². The van der Waals surface area contributed by atoms with E-state index >= 15 is 0 Å². The summed E-state index contributed by atoms with van der Waals surface area (Å²) in [6, 6.07) is 0. The van der Waals surface area contributed by atoms with Crippen molar-refractivity contribution in [1.82, 2.24) is 9.78 Å². The predicted molar refractivity (Wildman–Crippen MR) is 44.3 cm³/mol. The lowest BCUT2D eigenvalue weighted by molar-refractivity contribution is 0.0688. The number of hydrogen-bond acceptors (Lipinski definition) is 2. The zero-order valence-corrected chi connectivity index (χ0v) is 7.46. The van der Waals surface area contributed by atoms with Gasteiger partial charge in [-0.25, -0.2) is 4.79 Å². The van der Waals surface area contributed by atoms with E-state index in [4.69, 9.17) is 5.11 Å². The van der Waals surface area contributed by atoms with Crippen molar-refractivity contribution in [3.63, 3.8) is 0 Å². The standard InChI is InChI=1S/C8H12N2O2/c1-4-10-6(3)5(2)7(9-10)8(11)12/h4H2,1-3H3,(H,11,12). The minimum absolute atomic E-state index is 0.161. The third kappa shape index (κ3) is 1.20. The molecule has 0 aromatic carbocycles. The molecule has 1 rings (SSSR count). The van der Waals surface area contributed by atoms with Gasteiger partial charge in [-0.2, -0.15) is 5.10 Å². The third-order valence-corrected chi connectivity index (χ3v) is 2.01. The van der Waals surface area contributed by atoms with Gasteiger partial charge < -0.3 is 5.11 Å². The summed E-state index contributed by atoms with van der Waals surface area (Å²) in [5.74, 6) is -0.956. The molecule has 0 fully saturated rings. The summed E-state index contributed by atoms with van der Waals surface area (Å²) in [4.78, 5) is 10.6. The fourth-order valence-corrected chi connectivity index (χ4v) is 1.15. The highest BCUT2D eigenvalue weighted by Crippen LogP contribution is 2.11. The van der Waals surface area contributed by atoms with E-state index in [2.05, 4.69) is 5.10 Å². The summed E-state index contributed by atoms with van der Waals surface area (Å²) in [5, 5.41) is 12.7. The molecule has 0 saturated heterocycles. The Morgan fingerprint density at radius 3 is 2.42 bits per heavy atom. The highest BCUT2D eigenvalue weighted by molar-refractivity contribution is 5.87. The Kier molecular flexibility index (Phi) is 2.17. The largest absolute Gasteiger partial charge is 0.476 e. The van der Waals surface area contributed by atoms with Gasteiger partial charge in [0.2, 0.25) is 0 Å². The molecule has 0 bridgehead atoms. The van der Waals surface area contributed by atoms with Gasteiger partial charge in [0.15, 0.2) is 5.69 Å².